The number of nitrogens with one attached hydrogen (secondary N) is 1. The van der Waals surface area contributed by atoms with Gasteiger partial charge in [0.25, 0.3) is 5.56 Å². The zero-order chi connectivity index (χ0) is 28.3. The van der Waals surface area contributed by atoms with Crippen LogP contribution in [0.2, 0.25) is 0 Å². The van der Waals surface area contributed by atoms with Gasteiger partial charge in [-0.3, -0.25) is 9.69 Å². The Bertz CT molecular complexity index is 1600. The Morgan fingerprint density at radius 3 is 2.55 bits per heavy atom. The number of nitriles is 1. The zero-order valence-corrected chi connectivity index (χ0v) is 22.8. The summed E-state index contributed by atoms with van der Waals surface area (Å²) in [5, 5.41) is 22.9. The Morgan fingerprint density at radius 2 is 1.88 bits per heavy atom. The number of piperazine rings is 1. The second-order valence-electron chi connectivity index (χ2n) is 10.3. The first-order chi connectivity index (χ1) is 19.3. The molecule has 2 N–H and O–H groups in total. The third-order valence-corrected chi connectivity index (χ3v) is 6.96. The molecule has 0 radical (unpaired) electrons. The highest BCUT2D eigenvalue weighted by Crippen LogP contribution is 2.24. The molecule has 0 aliphatic carbocycles. The number of hydrogen-bond donors (Lipinski definition) is 2. The third-order valence-electron chi connectivity index (χ3n) is 6.96. The van der Waals surface area contributed by atoms with Gasteiger partial charge in [0.05, 0.1) is 18.3 Å². The molecule has 4 heterocycles. The number of aromatic nitrogens is 5. The van der Waals surface area contributed by atoms with Crippen molar-refractivity contribution in [3.63, 3.8) is 0 Å². The largest absolute Gasteiger partial charge is 0.384 e. The summed E-state index contributed by atoms with van der Waals surface area (Å²) in [5.41, 5.74) is 1.42. The summed E-state index contributed by atoms with van der Waals surface area (Å²) in [5.74, 6) is 0.796. The Hall–Kier alpha value is -4.53. The van der Waals surface area contributed by atoms with E-state index in [0.29, 0.717) is 34.9 Å². The van der Waals surface area contributed by atoms with Gasteiger partial charge in [0.1, 0.15) is 11.0 Å². The molecule has 4 aromatic rings. The predicted molar refractivity (Wildman–Crippen MR) is 155 cm³/mol. The molecule has 1 aliphatic rings. The lowest BCUT2D eigenvalue weighted by molar-refractivity contribution is 0.0738. The lowest BCUT2D eigenvalue weighted by Gasteiger charge is -2.35. The van der Waals surface area contributed by atoms with Crippen molar-refractivity contribution in [3.05, 3.63) is 77.4 Å². The molecule has 1 saturated heterocycles. The Balaban J connectivity index is 1.41. The van der Waals surface area contributed by atoms with Gasteiger partial charge in [0.2, 0.25) is 5.95 Å². The van der Waals surface area contributed by atoms with Crippen LogP contribution in [0, 0.1) is 11.3 Å². The molecular formula is C29H33N9O2. The van der Waals surface area contributed by atoms with Crippen molar-refractivity contribution in [1.29, 1.82) is 5.26 Å². The molecule has 0 amide bonds. The predicted octanol–water partition coefficient (Wildman–Crippen LogP) is 3.17. The lowest BCUT2D eigenvalue weighted by atomic mass is 10.1. The fourth-order valence-corrected chi connectivity index (χ4v) is 4.81. The van der Waals surface area contributed by atoms with Crippen LogP contribution in [-0.2, 0) is 12.1 Å². The third kappa shape index (κ3) is 5.59. The number of rotatable bonds is 9. The number of pyridine rings is 1. The van der Waals surface area contributed by atoms with Crippen LogP contribution in [0.15, 0.2) is 66.1 Å². The molecule has 1 aliphatic heterocycles. The Kier molecular flexibility index (Phi) is 7.64. The van der Waals surface area contributed by atoms with E-state index in [1.807, 2.05) is 12.1 Å². The molecule has 0 bridgehead atoms. The average molecular weight is 540 g/mol. The first kappa shape index (κ1) is 27.1. The van der Waals surface area contributed by atoms with Gasteiger partial charge in [-0.15, -0.1) is 6.58 Å². The fourth-order valence-electron chi connectivity index (χ4n) is 4.81. The van der Waals surface area contributed by atoms with Gasteiger partial charge in [0.15, 0.2) is 11.5 Å². The first-order valence-electron chi connectivity index (χ1n) is 13.3. The average Bonchev–Trinajstić information content (AvgIpc) is 3.23. The van der Waals surface area contributed by atoms with Crippen LogP contribution >= 0.6 is 0 Å². The molecule has 206 valence electrons. The smallest absolute Gasteiger partial charge is 0.278 e. The van der Waals surface area contributed by atoms with Crippen LogP contribution < -0.4 is 15.8 Å². The van der Waals surface area contributed by atoms with E-state index >= 15 is 0 Å². The molecule has 40 heavy (non-hydrogen) atoms. The van der Waals surface area contributed by atoms with Gasteiger partial charge >= 0.3 is 0 Å². The van der Waals surface area contributed by atoms with Gasteiger partial charge in [0, 0.05) is 56.7 Å². The standard InChI is InChI=1S/C29H33N9O2/c1-4-14-37-27(39)23-20-31-28(34-26(23)38(37)25-8-5-7-24(33-25)29(2,3)40)32-21-9-11-22(12-10-21)36-18-16-35(17-19-36)15-6-13-30/h4-5,7-12,20,40H,1,6,14-19H2,2-3H3,(H,31,32,34). The maximum absolute atomic E-state index is 13.2. The number of anilines is 3. The second kappa shape index (κ2) is 11.3. The first-order valence-corrected chi connectivity index (χ1v) is 13.3. The molecule has 0 saturated carbocycles. The van der Waals surface area contributed by atoms with E-state index in [1.54, 1.807) is 42.8 Å². The van der Waals surface area contributed by atoms with Crippen LogP contribution in [0.1, 0.15) is 26.0 Å². The number of benzene rings is 1. The monoisotopic (exact) mass is 539 g/mol. The highest BCUT2D eigenvalue weighted by Gasteiger charge is 2.22. The number of nitrogens with zero attached hydrogens (tertiary/aromatic N) is 8. The van der Waals surface area contributed by atoms with Gasteiger partial charge in [-0.25, -0.2) is 19.3 Å². The molecule has 5 rings (SSSR count). The number of aliphatic hydroxyl groups is 1. The van der Waals surface area contributed by atoms with E-state index in [1.165, 1.54) is 10.9 Å². The summed E-state index contributed by atoms with van der Waals surface area (Å²) in [4.78, 5) is 31.6. The number of fused-ring (bicyclic) bond motifs is 1. The SMILES string of the molecule is C=CCn1c(=O)c2cnc(Nc3ccc(N4CCN(CCC#N)CC4)cc3)nc2n1-c1cccc(C(C)(C)O)n1. The minimum atomic E-state index is -1.15. The van der Waals surface area contributed by atoms with Gasteiger partial charge < -0.3 is 15.3 Å². The Labute approximate surface area is 232 Å². The molecule has 0 spiro atoms. The van der Waals surface area contributed by atoms with E-state index in [-0.39, 0.29) is 12.1 Å². The molecule has 1 fully saturated rings. The highest BCUT2D eigenvalue weighted by atomic mass is 16.3. The van der Waals surface area contributed by atoms with Crippen molar-refractivity contribution in [2.75, 3.05) is 42.9 Å². The Morgan fingerprint density at radius 1 is 1.12 bits per heavy atom. The van der Waals surface area contributed by atoms with Crippen molar-refractivity contribution in [2.24, 2.45) is 0 Å². The van der Waals surface area contributed by atoms with Crippen molar-refractivity contribution >= 4 is 28.4 Å². The maximum atomic E-state index is 13.2. The van der Waals surface area contributed by atoms with E-state index in [9.17, 15) is 9.90 Å². The minimum absolute atomic E-state index is 0.250. The minimum Gasteiger partial charge on any atom is -0.384 e. The quantitative estimate of drug-likeness (QED) is 0.308. The topological polar surface area (TPSA) is 128 Å². The summed E-state index contributed by atoms with van der Waals surface area (Å²) in [6.07, 6.45) is 3.72. The zero-order valence-electron chi connectivity index (χ0n) is 22.8. The molecule has 0 atom stereocenters. The van der Waals surface area contributed by atoms with Crippen LogP contribution in [-0.4, -0.2) is 67.0 Å². The highest BCUT2D eigenvalue weighted by molar-refractivity contribution is 5.77. The van der Waals surface area contributed by atoms with E-state index in [2.05, 4.69) is 49.9 Å². The number of hydrogen-bond acceptors (Lipinski definition) is 9. The van der Waals surface area contributed by atoms with Crippen LogP contribution in [0.3, 0.4) is 0 Å². The molecule has 11 nitrogen and oxygen atoms in total. The van der Waals surface area contributed by atoms with Gasteiger partial charge in [-0.1, -0.05) is 12.1 Å². The van der Waals surface area contributed by atoms with E-state index < -0.39 is 5.60 Å². The molecule has 11 heteroatoms. The van der Waals surface area contributed by atoms with Crippen LogP contribution in [0.5, 0.6) is 0 Å². The summed E-state index contributed by atoms with van der Waals surface area (Å²) in [6, 6.07) is 15.6. The summed E-state index contributed by atoms with van der Waals surface area (Å²) < 4.78 is 3.14. The summed E-state index contributed by atoms with van der Waals surface area (Å²) >= 11 is 0. The molecule has 0 unspecified atom stereocenters. The van der Waals surface area contributed by atoms with Gasteiger partial charge in [-0.05, 0) is 50.2 Å². The normalized spacial score (nSPS) is 14.3. The lowest BCUT2D eigenvalue weighted by Crippen LogP contribution is -2.46. The second-order valence-corrected chi connectivity index (χ2v) is 10.3. The van der Waals surface area contributed by atoms with Crippen molar-refractivity contribution in [3.8, 4) is 11.9 Å². The molecule has 3 aromatic heterocycles. The van der Waals surface area contributed by atoms with Crippen molar-refractivity contribution in [1.82, 2.24) is 29.2 Å². The van der Waals surface area contributed by atoms with Crippen molar-refractivity contribution < 1.29 is 5.11 Å². The van der Waals surface area contributed by atoms with Crippen LogP contribution in [0.4, 0.5) is 17.3 Å². The van der Waals surface area contributed by atoms with Crippen LogP contribution in [0.25, 0.3) is 16.9 Å². The van der Waals surface area contributed by atoms with Crippen molar-refractivity contribution in [2.45, 2.75) is 32.4 Å². The fraction of sp³-hybridized carbons (Fsp3) is 0.345. The van der Waals surface area contributed by atoms with E-state index in [0.717, 1.165) is 44.1 Å². The summed E-state index contributed by atoms with van der Waals surface area (Å²) in [6.45, 7) is 11.9. The van der Waals surface area contributed by atoms with E-state index in [4.69, 9.17) is 10.2 Å². The van der Waals surface area contributed by atoms with Gasteiger partial charge in [-0.2, -0.15) is 10.2 Å². The maximum Gasteiger partial charge on any atom is 0.278 e. The molecular weight excluding hydrogens is 506 g/mol. The number of allylic oxidation sites excluding steroid dienone is 1. The summed E-state index contributed by atoms with van der Waals surface area (Å²) in [7, 11) is 0. The molecule has 1 aromatic carbocycles.